The highest BCUT2D eigenvalue weighted by Gasteiger charge is 2.33. The van der Waals surface area contributed by atoms with E-state index in [0.717, 1.165) is 38.5 Å². The molecule has 1 saturated heterocycles. The Kier molecular flexibility index (Phi) is 4.54. The van der Waals surface area contributed by atoms with E-state index in [4.69, 9.17) is 0 Å². The lowest BCUT2D eigenvalue weighted by Gasteiger charge is -2.28. The van der Waals surface area contributed by atoms with Crippen molar-refractivity contribution in [3.63, 3.8) is 0 Å². The summed E-state index contributed by atoms with van der Waals surface area (Å²) in [6.07, 6.45) is 2.61. The second-order valence-corrected chi connectivity index (χ2v) is 4.92. The SMILES string of the molecule is COC(=O)c1cc([N+](=O)[O-])c(N2CCCCC2)c([N+](=O)[O-])c1. The smallest absolute Gasteiger partial charge is 0.338 e. The van der Waals surface area contributed by atoms with Gasteiger partial charge in [0.05, 0.1) is 22.5 Å². The summed E-state index contributed by atoms with van der Waals surface area (Å²) < 4.78 is 4.49. The van der Waals surface area contributed by atoms with Gasteiger partial charge in [0.1, 0.15) is 0 Å². The molecule has 0 amide bonds. The molecular formula is C13H15N3O6. The first-order valence-corrected chi connectivity index (χ1v) is 6.75. The minimum Gasteiger partial charge on any atom is -0.465 e. The Bertz CT molecular complexity index is 589. The minimum absolute atomic E-state index is 0.0395. The van der Waals surface area contributed by atoms with Gasteiger partial charge in [0.15, 0.2) is 5.69 Å². The van der Waals surface area contributed by atoms with Crippen molar-refractivity contribution in [1.29, 1.82) is 0 Å². The van der Waals surface area contributed by atoms with E-state index in [1.54, 1.807) is 4.90 Å². The summed E-state index contributed by atoms with van der Waals surface area (Å²) in [6, 6.07) is 2.06. The summed E-state index contributed by atoms with van der Waals surface area (Å²) in [5.74, 6) is -0.851. The minimum atomic E-state index is -0.851. The summed E-state index contributed by atoms with van der Waals surface area (Å²) in [6.45, 7) is 1.03. The topological polar surface area (TPSA) is 116 Å². The van der Waals surface area contributed by atoms with E-state index < -0.39 is 27.2 Å². The van der Waals surface area contributed by atoms with Crippen LogP contribution in [0.15, 0.2) is 12.1 Å². The highest BCUT2D eigenvalue weighted by atomic mass is 16.6. The van der Waals surface area contributed by atoms with Gasteiger partial charge in [0.2, 0.25) is 0 Å². The molecule has 0 N–H and O–H groups in total. The van der Waals surface area contributed by atoms with Crippen molar-refractivity contribution in [1.82, 2.24) is 0 Å². The van der Waals surface area contributed by atoms with Crippen LogP contribution >= 0.6 is 0 Å². The van der Waals surface area contributed by atoms with E-state index in [-0.39, 0.29) is 11.3 Å². The summed E-state index contributed by atoms with van der Waals surface area (Å²) in [5.41, 5.74) is -1.14. The molecule has 0 bridgehead atoms. The van der Waals surface area contributed by atoms with E-state index in [9.17, 15) is 25.0 Å². The summed E-state index contributed by atoms with van der Waals surface area (Å²) in [7, 11) is 1.11. The fraction of sp³-hybridized carbons (Fsp3) is 0.462. The Labute approximate surface area is 125 Å². The maximum Gasteiger partial charge on any atom is 0.338 e. The third-order valence-electron chi connectivity index (χ3n) is 3.56. The Hall–Kier alpha value is -2.71. The van der Waals surface area contributed by atoms with Crippen LogP contribution in [0.2, 0.25) is 0 Å². The molecule has 2 rings (SSSR count). The molecule has 0 spiro atoms. The number of anilines is 1. The Morgan fingerprint density at radius 3 is 2.00 bits per heavy atom. The van der Waals surface area contributed by atoms with Crippen molar-refractivity contribution in [3.8, 4) is 0 Å². The first-order valence-electron chi connectivity index (χ1n) is 6.75. The van der Waals surface area contributed by atoms with Gasteiger partial charge in [-0.15, -0.1) is 0 Å². The predicted molar refractivity (Wildman–Crippen MR) is 77.2 cm³/mol. The molecule has 0 atom stereocenters. The normalized spacial score (nSPS) is 14.5. The molecule has 1 aromatic carbocycles. The van der Waals surface area contributed by atoms with Crippen molar-refractivity contribution in [3.05, 3.63) is 37.9 Å². The van der Waals surface area contributed by atoms with Gasteiger partial charge < -0.3 is 9.64 Å². The van der Waals surface area contributed by atoms with Gasteiger partial charge in [0, 0.05) is 25.2 Å². The van der Waals surface area contributed by atoms with Crippen LogP contribution in [-0.4, -0.2) is 36.0 Å². The molecule has 1 aromatic rings. The molecule has 118 valence electrons. The second kappa shape index (κ2) is 6.37. The fourth-order valence-electron chi connectivity index (χ4n) is 2.56. The fourth-order valence-corrected chi connectivity index (χ4v) is 2.56. The number of nitro groups is 2. The molecule has 9 nitrogen and oxygen atoms in total. The van der Waals surface area contributed by atoms with Crippen molar-refractivity contribution in [2.45, 2.75) is 19.3 Å². The van der Waals surface area contributed by atoms with Crippen LogP contribution in [0.5, 0.6) is 0 Å². The number of hydrogen-bond acceptors (Lipinski definition) is 7. The predicted octanol–water partition coefficient (Wildman–Crippen LogP) is 2.28. The molecule has 0 aromatic heterocycles. The lowest BCUT2D eigenvalue weighted by atomic mass is 10.1. The van der Waals surface area contributed by atoms with Crippen LogP contribution in [0.4, 0.5) is 17.1 Å². The lowest BCUT2D eigenvalue weighted by molar-refractivity contribution is -0.392. The van der Waals surface area contributed by atoms with E-state index >= 15 is 0 Å². The van der Waals surface area contributed by atoms with Gasteiger partial charge >= 0.3 is 17.3 Å². The van der Waals surface area contributed by atoms with Gasteiger partial charge in [-0.2, -0.15) is 0 Å². The zero-order valence-corrected chi connectivity index (χ0v) is 12.0. The quantitative estimate of drug-likeness (QED) is 0.476. The Morgan fingerprint density at radius 2 is 1.59 bits per heavy atom. The van der Waals surface area contributed by atoms with E-state index in [0.29, 0.717) is 13.1 Å². The molecule has 9 heteroatoms. The van der Waals surface area contributed by atoms with Crippen molar-refractivity contribution in [2.24, 2.45) is 0 Å². The lowest BCUT2D eigenvalue weighted by Crippen LogP contribution is -2.30. The van der Waals surface area contributed by atoms with Crippen LogP contribution < -0.4 is 4.90 Å². The Balaban J connectivity index is 2.64. The molecular weight excluding hydrogens is 294 g/mol. The van der Waals surface area contributed by atoms with Crippen molar-refractivity contribution < 1.29 is 19.4 Å². The number of carbonyl (C=O) groups excluding carboxylic acids is 1. The average molecular weight is 309 g/mol. The third kappa shape index (κ3) is 2.97. The number of nitrogens with zero attached hydrogens (tertiary/aromatic N) is 3. The number of hydrogen-bond donors (Lipinski definition) is 0. The number of esters is 1. The van der Waals surface area contributed by atoms with E-state index in [1.807, 2.05) is 0 Å². The van der Waals surface area contributed by atoms with Crippen molar-refractivity contribution >= 4 is 23.0 Å². The highest BCUT2D eigenvalue weighted by molar-refractivity contribution is 5.94. The molecule has 0 saturated carbocycles. The van der Waals surface area contributed by atoms with Gasteiger partial charge in [-0.1, -0.05) is 0 Å². The zero-order chi connectivity index (χ0) is 16.3. The number of benzene rings is 1. The summed E-state index contributed by atoms with van der Waals surface area (Å²) in [4.78, 5) is 34.4. The third-order valence-corrected chi connectivity index (χ3v) is 3.56. The van der Waals surface area contributed by atoms with Gasteiger partial charge in [-0.05, 0) is 19.3 Å². The highest BCUT2D eigenvalue weighted by Crippen LogP contribution is 2.40. The van der Waals surface area contributed by atoms with Gasteiger partial charge in [0.25, 0.3) is 0 Å². The average Bonchev–Trinajstić information content (AvgIpc) is 2.53. The zero-order valence-electron chi connectivity index (χ0n) is 12.0. The number of nitro benzene ring substituents is 2. The summed E-state index contributed by atoms with van der Waals surface area (Å²) >= 11 is 0. The number of rotatable bonds is 4. The molecule has 0 aliphatic carbocycles. The molecule has 22 heavy (non-hydrogen) atoms. The molecule has 0 unspecified atom stereocenters. The maximum absolute atomic E-state index is 11.6. The largest absolute Gasteiger partial charge is 0.465 e. The summed E-state index contributed by atoms with van der Waals surface area (Å²) in [5, 5.41) is 22.6. The Morgan fingerprint density at radius 1 is 1.09 bits per heavy atom. The second-order valence-electron chi connectivity index (χ2n) is 4.92. The molecule has 0 radical (unpaired) electrons. The van der Waals surface area contributed by atoms with E-state index in [1.165, 1.54) is 0 Å². The van der Waals surface area contributed by atoms with Crippen LogP contribution in [0.25, 0.3) is 0 Å². The molecule has 1 heterocycles. The first kappa shape index (κ1) is 15.7. The van der Waals surface area contributed by atoms with Gasteiger partial charge in [-0.3, -0.25) is 20.2 Å². The number of methoxy groups -OCH3 is 1. The van der Waals surface area contributed by atoms with Crippen LogP contribution in [0.1, 0.15) is 29.6 Å². The molecule has 1 aliphatic heterocycles. The number of ether oxygens (including phenoxy) is 1. The van der Waals surface area contributed by atoms with E-state index in [2.05, 4.69) is 4.74 Å². The van der Waals surface area contributed by atoms with Crippen LogP contribution in [0.3, 0.4) is 0 Å². The molecule has 1 aliphatic rings. The number of carbonyl (C=O) groups is 1. The van der Waals surface area contributed by atoms with Crippen LogP contribution in [0, 0.1) is 20.2 Å². The molecule has 1 fully saturated rings. The van der Waals surface area contributed by atoms with Crippen LogP contribution in [-0.2, 0) is 4.74 Å². The standard InChI is InChI=1S/C13H15N3O6/c1-22-13(17)9-7-10(15(18)19)12(11(8-9)16(20)21)14-5-3-2-4-6-14/h7-8H,2-6H2,1H3. The van der Waals surface area contributed by atoms with Crippen molar-refractivity contribution in [2.75, 3.05) is 25.1 Å². The number of piperidine rings is 1. The monoisotopic (exact) mass is 309 g/mol. The van der Waals surface area contributed by atoms with Gasteiger partial charge in [-0.25, -0.2) is 4.79 Å². The first-order chi connectivity index (χ1) is 10.5. The maximum atomic E-state index is 11.6.